The Hall–Kier alpha value is -0.890. The van der Waals surface area contributed by atoms with Gasteiger partial charge in [0.15, 0.2) is 3.77 Å². The summed E-state index contributed by atoms with van der Waals surface area (Å²) in [6.07, 6.45) is 2.89. The van der Waals surface area contributed by atoms with Crippen LogP contribution in [0, 0.1) is 3.77 Å². The molecule has 0 radical (unpaired) electrons. The van der Waals surface area contributed by atoms with Crippen molar-refractivity contribution in [2.45, 2.75) is 19.6 Å². The summed E-state index contributed by atoms with van der Waals surface area (Å²) in [5, 5.41) is 13.3. The number of aliphatic hydroxyl groups excluding tert-OH is 1. The first-order valence-corrected chi connectivity index (χ1v) is 5.55. The molecule has 80 valence electrons. The van der Waals surface area contributed by atoms with Gasteiger partial charge < -0.3 is 14.2 Å². The van der Waals surface area contributed by atoms with Gasteiger partial charge in [-0.15, -0.1) is 0 Å². The normalized spacial score (nSPS) is 13.0. The minimum Gasteiger partial charge on any atom is -0.385 e. The number of halogens is 1. The highest BCUT2D eigenvalue weighted by Gasteiger charge is 2.10. The van der Waals surface area contributed by atoms with E-state index in [9.17, 15) is 5.11 Å². The van der Waals surface area contributed by atoms with E-state index in [0.717, 1.165) is 9.46 Å². The Kier molecular flexibility index (Phi) is 3.06. The van der Waals surface area contributed by atoms with Crippen LogP contribution in [-0.4, -0.2) is 19.8 Å². The fourth-order valence-electron chi connectivity index (χ4n) is 1.36. The smallest absolute Gasteiger partial charge is 0.196 e. The lowest BCUT2D eigenvalue weighted by molar-refractivity contribution is 0.184. The molecule has 6 heteroatoms. The molecule has 2 aromatic heterocycles. The molecule has 0 aromatic carbocycles. The van der Waals surface area contributed by atoms with E-state index in [1.54, 1.807) is 13.1 Å². The first kappa shape index (κ1) is 10.6. The molecule has 5 nitrogen and oxygen atoms in total. The highest BCUT2D eigenvalue weighted by molar-refractivity contribution is 14.1. The molecule has 2 rings (SSSR count). The Bertz CT molecular complexity index is 450. The summed E-state index contributed by atoms with van der Waals surface area (Å²) in [6.45, 7) is 2.25. The summed E-state index contributed by atoms with van der Waals surface area (Å²) in [7, 11) is 0. The number of aliphatic hydroxyl groups is 1. The fraction of sp³-hybridized carbons (Fsp3) is 0.333. The molecule has 0 fully saturated rings. The van der Waals surface area contributed by atoms with E-state index in [0.29, 0.717) is 12.4 Å². The van der Waals surface area contributed by atoms with Crippen molar-refractivity contribution < 1.29 is 9.63 Å². The number of hydrogen-bond acceptors (Lipinski definition) is 4. The van der Waals surface area contributed by atoms with Gasteiger partial charge in [0.25, 0.3) is 0 Å². The fourth-order valence-corrected chi connectivity index (χ4v) is 1.82. The minimum atomic E-state index is -0.578. The average molecular weight is 319 g/mol. The van der Waals surface area contributed by atoms with Crippen LogP contribution >= 0.6 is 22.6 Å². The Morgan fingerprint density at radius 1 is 1.67 bits per heavy atom. The summed E-state index contributed by atoms with van der Waals surface area (Å²) in [5.41, 5.74) is 0.819. The highest BCUT2D eigenvalue weighted by atomic mass is 127. The number of nitrogens with zero attached hydrogens (tertiary/aromatic N) is 3. The van der Waals surface area contributed by atoms with Gasteiger partial charge in [0.1, 0.15) is 17.6 Å². The number of imidazole rings is 1. The third-order valence-electron chi connectivity index (χ3n) is 1.98. The molecule has 0 bridgehead atoms. The summed E-state index contributed by atoms with van der Waals surface area (Å²) < 4.78 is 7.55. The van der Waals surface area contributed by atoms with Crippen LogP contribution in [0.4, 0.5) is 0 Å². The zero-order valence-electron chi connectivity index (χ0n) is 8.09. The third-order valence-corrected chi connectivity index (χ3v) is 2.49. The second-order valence-corrected chi connectivity index (χ2v) is 4.27. The maximum absolute atomic E-state index is 9.45. The van der Waals surface area contributed by atoms with Crippen LogP contribution < -0.4 is 0 Å². The minimum absolute atomic E-state index is 0.562. The molecule has 0 aliphatic rings. The van der Waals surface area contributed by atoms with Crippen molar-refractivity contribution in [2.75, 3.05) is 0 Å². The maximum atomic E-state index is 9.45. The quantitative estimate of drug-likeness (QED) is 0.873. The van der Waals surface area contributed by atoms with Gasteiger partial charge >= 0.3 is 0 Å². The van der Waals surface area contributed by atoms with E-state index < -0.39 is 6.10 Å². The van der Waals surface area contributed by atoms with Crippen LogP contribution in [0.3, 0.4) is 0 Å². The Balaban J connectivity index is 2.20. The van der Waals surface area contributed by atoms with Crippen LogP contribution in [0.1, 0.15) is 24.5 Å². The van der Waals surface area contributed by atoms with Gasteiger partial charge in [-0.1, -0.05) is 5.16 Å². The molecule has 15 heavy (non-hydrogen) atoms. The molecule has 0 spiro atoms. The highest BCUT2D eigenvalue weighted by Crippen LogP contribution is 2.13. The van der Waals surface area contributed by atoms with Gasteiger partial charge in [0.05, 0.1) is 6.54 Å². The van der Waals surface area contributed by atoms with Crippen LogP contribution in [0.2, 0.25) is 0 Å². The second kappa shape index (κ2) is 4.31. The zero-order valence-corrected chi connectivity index (χ0v) is 10.2. The Labute approximate surface area is 100 Å². The van der Waals surface area contributed by atoms with Crippen LogP contribution in [0.25, 0.3) is 0 Å². The largest absolute Gasteiger partial charge is 0.385 e. The predicted molar refractivity (Wildman–Crippen MR) is 61.2 cm³/mol. The average Bonchev–Trinajstić information content (AvgIpc) is 2.75. The molecule has 0 amide bonds. The van der Waals surface area contributed by atoms with Crippen molar-refractivity contribution in [2.24, 2.45) is 0 Å². The van der Waals surface area contributed by atoms with Crippen LogP contribution in [0.5, 0.6) is 0 Å². The standard InChI is InChI=1S/C9H10IN3O2/c1-6(14)9-11-2-3-13(9)5-7-4-8(10)15-12-7/h2-4,6,14H,5H2,1H3/t6-/m0/s1. The van der Waals surface area contributed by atoms with E-state index in [1.165, 1.54) is 0 Å². The molecule has 1 atom stereocenters. The monoisotopic (exact) mass is 319 g/mol. The number of aromatic nitrogens is 3. The van der Waals surface area contributed by atoms with Gasteiger partial charge in [0.2, 0.25) is 0 Å². The molecule has 0 saturated heterocycles. The number of hydrogen-bond donors (Lipinski definition) is 1. The van der Waals surface area contributed by atoms with Crippen LogP contribution in [-0.2, 0) is 6.54 Å². The summed E-state index contributed by atoms with van der Waals surface area (Å²) >= 11 is 2.06. The van der Waals surface area contributed by atoms with E-state index in [4.69, 9.17) is 4.52 Å². The lowest BCUT2D eigenvalue weighted by Crippen LogP contribution is -2.07. The van der Waals surface area contributed by atoms with Crippen molar-refractivity contribution in [1.82, 2.24) is 14.7 Å². The second-order valence-electron chi connectivity index (χ2n) is 3.21. The third kappa shape index (κ3) is 2.37. The molecular formula is C9H10IN3O2. The Morgan fingerprint density at radius 3 is 3.07 bits per heavy atom. The van der Waals surface area contributed by atoms with E-state index in [2.05, 4.69) is 32.7 Å². The number of rotatable bonds is 3. The van der Waals surface area contributed by atoms with Gasteiger partial charge in [-0.3, -0.25) is 0 Å². The summed E-state index contributed by atoms with van der Waals surface area (Å²) in [5.74, 6) is 0.632. The van der Waals surface area contributed by atoms with Crippen molar-refractivity contribution in [1.29, 1.82) is 0 Å². The van der Waals surface area contributed by atoms with E-state index >= 15 is 0 Å². The van der Waals surface area contributed by atoms with Crippen molar-refractivity contribution in [3.63, 3.8) is 0 Å². The van der Waals surface area contributed by atoms with E-state index in [1.807, 2.05) is 16.8 Å². The lowest BCUT2D eigenvalue weighted by atomic mass is 10.3. The van der Waals surface area contributed by atoms with Gasteiger partial charge in [-0.05, 0) is 6.92 Å². The molecule has 2 heterocycles. The zero-order chi connectivity index (χ0) is 10.8. The SMILES string of the molecule is C[C@H](O)c1nccn1Cc1cc(I)on1. The molecule has 0 unspecified atom stereocenters. The van der Waals surface area contributed by atoms with Crippen molar-refractivity contribution in [3.8, 4) is 0 Å². The van der Waals surface area contributed by atoms with Gasteiger partial charge in [-0.2, -0.15) is 0 Å². The van der Waals surface area contributed by atoms with Gasteiger partial charge in [-0.25, -0.2) is 4.98 Å². The lowest BCUT2D eigenvalue weighted by Gasteiger charge is -2.07. The first-order chi connectivity index (χ1) is 7.16. The van der Waals surface area contributed by atoms with Crippen LogP contribution in [0.15, 0.2) is 23.0 Å². The molecular weight excluding hydrogens is 309 g/mol. The molecule has 1 N–H and O–H groups in total. The molecule has 0 saturated carbocycles. The molecule has 0 aliphatic carbocycles. The maximum Gasteiger partial charge on any atom is 0.196 e. The van der Waals surface area contributed by atoms with Crippen molar-refractivity contribution in [3.05, 3.63) is 33.7 Å². The topological polar surface area (TPSA) is 64.1 Å². The summed E-state index contributed by atoms with van der Waals surface area (Å²) in [6, 6.07) is 1.85. The molecule has 0 aliphatic heterocycles. The van der Waals surface area contributed by atoms with E-state index in [-0.39, 0.29) is 0 Å². The van der Waals surface area contributed by atoms with Crippen molar-refractivity contribution >= 4 is 22.6 Å². The molecule has 2 aromatic rings. The van der Waals surface area contributed by atoms with Gasteiger partial charge in [0, 0.05) is 41.1 Å². The Morgan fingerprint density at radius 2 is 2.47 bits per heavy atom. The summed E-state index contributed by atoms with van der Waals surface area (Å²) in [4.78, 5) is 4.07. The predicted octanol–water partition coefficient (Wildman–Crippen LogP) is 1.58. The first-order valence-electron chi connectivity index (χ1n) is 4.47.